The summed E-state index contributed by atoms with van der Waals surface area (Å²) in [7, 11) is -2.44. The van der Waals surface area contributed by atoms with Crippen LogP contribution >= 0.6 is 11.8 Å². The van der Waals surface area contributed by atoms with Crippen molar-refractivity contribution < 1.29 is 27.7 Å². The minimum atomic E-state index is -3.61. The molecule has 0 radical (unpaired) electrons. The van der Waals surface area contributed by atoms with Crippen LogP contribution in [0.2, 0.25) is 0 Å². The number of methoxy groups -OCH3 is 1. The molecule has 1 amide bonds. The Bertz CT molecular complexity index is 1010. The molecule has 1 aromatic carbocycles. The second-order valence-electron chi connectivity index (χ2n) is 4.99. The van der Waals surface area contributed by atoms with Gasteiger partial charge in [-0.25, -0.2) is 13.2 Å². The number of esters is 1. The number of amidine groups is 1. The summed E-state index contributed by atoms with van der Waals surface area (Å²) in [5, 5.41) is 20.9. The highest BCUT2D eigenvalue weighted by atomic mass is 32.2. The molecule has 0 spiro atoms. The molecule has 142 valence electrons. The van der Waals surface area contributed by atoms with Crippen LogP contribution in [-0.2, 0) is 24.2 Å². The van der Waals surface area contributed by atoms with E-state index in [1.54, 1.807) is 0 Å². The van der Waals surface area contributed by atoms with Gasteiger partial charge >= 0.3 is 5.97 Å². The van der Waals surface area contributed by atoms with E-state index in [0.717, 1.165) is 43.5 Å². The summed E-state index contributed by atoms with van der Waals surface area (Å²) in [4.78, 5) is 33.1. The minimum Gasteiger partial charge on any atom is -0.466 e. The molecule has 1 aromatic rings. The van der Waals surface area contributed by atoms with Crippen molar-refractivity contribution in [2.24, 2.45) is 10.2 Å². The summed E-state index contributed by atoms with van der Waals surface area (Å²) in [6.07, 6.45) is 2.97. The summed E-state index contributed by atoms with van der Waals surface area (Å²) in [6.45, 7) is 0. The topological polar surface area (TPSA) is 157 Å². The first kappa shape index (κ1) is 20.3. The first-order valence-corrected chi connectivity index (χ1v) is 9.71. The maximum atomic E-state index is 11.7. The number of rotatable bonds is 5. The fourth-order valence-corrected chi connectivity index (χ4v) is 3.19. The Kier molecular flexibility index (Phi) is 6.07. The van der Waals surface area contributed by atoms with E-state index in [0.29, 0.717) is 0 Å². The summed E-state index contributed by atoms with van der Waals surface area (Å²) in [6, 6.07) is 3.36. The van der Waals surface area contributed by atoms with Crippen LogP contribution in [0.3, 0.4) is 0 Å². The van der Waals surface area contributed by atoms with Crippen molar-refractivity contribution in [1.29, 1.82) is 0 Å². The van der Waals surface area contributed by atoms with Crippen LogP contribution in [0.4, 0.5) is 5.69 Å². The minimum absolute atomic E-state index is 0.0244. The lowest BCUT2D eigenvalue weighted by molar-refractivity contribution is -0.385. The van der Waals surface area contributed by atoms with Crippen molar-refractivity contribution in [3.05, 3.63) is 44.9 Å². The Hall–Kier alpha value is -3.06. The molecule has 1 N–H and O–H groups in total. The number of nitro benzene ring substituents is 1. The predicted octanol–water partition coefficient (Wildman–Crippen LogP) is 0.608. The van der Waals surface area contributed by atoms with Gasteiger partial charge in [-0.1, -0.05) is 0 Å². The van der Waals surface area contributed by atoms with E-state index < -0.39 is 32.3 Å². The van der Waals surface area contributed by atoms with Crippen LogP contribution in [0, 0.1) is 10.1 Å². The fourth-order valence-electron chi connectivity index (χ4n) is 1.81. The lowest BCUT2D eigenvalue weighted by Crippen LogP contribution is -2.19. The second-order valence-corrected chi connectivity index (χ2v) is 8.03. The number of nitro groups is 1. The molecular formula is C14H12N4O7S2. The van der Waals surface area contributed by atoms with Gasteiger partial charge in [-0.2, -0.15) is 5.10 Å². The predicted molar refractivity (Wildman–Crippen MR) is 97.1 cm³/mol. The highest BCUT2D eigenvalue weighted by Crippen LogP contribution is 2.24. The number of carbonyl (C=O) groups is 2. The number of hydrogen-bond donors (Lipinski definition) is 1. The smallest absolute Gasteiger partial charge is 0.331 e. The maximum Gasteiger partial charge on any atom is 0.331 e. The zero-order chi connectivity index (χ0) is 20.2. The van der Waals surface area contributed by atoms with Crippen LogP contribution in [-0.4, -0.2) is 50.0 Å². The zero-order valence-corrected chi connectivity index (χ0v) is 15.5. The molecule has 1 aliphatic rings. The molecular weight excluding hydrogens is 400 g/mol. The SMILES string of the molecule is COC(=O)/C=C1/S/C(=N\N=Cc2ccc(S(C)(=O)=O)cc2[N+](=O)[O-])NC1=O. The van der Waals surface area contributed by atoms with E-state index in [2.05, 4.69) is 20.3 Å². The number of amides is 1. The highest BCUT2D eigenvalue weighted by Gasteiger charge is 2.25. The molecule has 1 aliphatic heterocycles. The number of hydrogen-bond acceptors (Lipinski definition) is 10. The summed E-state index contributed by atoms with van der Waals surface area (Å²) < 4.78 is 27.4. The second kappa shape index (κ2) is 8.09. The Morgan fingerprint density at radius 1 is 1.41 bits per heavy atom. The van der Waals surface area contributed by atoms with Crippen molar-refractivity contribution >= 4 is 50.5 Å². The average molecular weight is 412 g/mol. The molecule has 0 aromatic heterocycles. The Labute approximate surface area is 157 Å². The van der Waals surface area contributed by atoms with Crippen molar-refractivity contribution in [2.75, 3.05) is 13.4 Å². The van der Waals surface area contributed by atoms with Crippen LogP contribution in [0.15, 0.2) is 44.3 Å². The standard InChI is InChI=1S/C14H12N4O7S2/c1-25-12(19)6-11-13(20)16-14(26-11)17-15-7-8-3-4-9(27(2,23)24)5-10(8)18(21)22/h3-7H,1-2H3,(H,16,17,20)/b11-6+,15-7?. The van der Waals surface area contributed by atoms with Crippen LogP contribution in [0.25, 0.3) is 0 Å². The fraction of sp³-hybridized carbons (Fsp3) is 0.143. The van der Waals surface area contributed by atoms with Gasteiger partial charge in [-0.05, 0) is 23.9 Å². The van der Waals surface area contributed by atoms with Crippen molar-refractivity contribution in [3.8, 4) is 0 Å². The van der Waals surface area contributed by atoms with Gasteiger partial charge in [0.25, 0.3) is 11.6 Å². The van der Waals surface area contributed by atoms with Crippen molar-refractivity contribution in [2.45, 2.75) is 4.90 Å². The number of thioether (sulfide) groups is 1. The third kappa shape index (κ3) is 5.21. The number of carbonyl (C=O) groups excluding carboxylic acids is 2. The van der Waals surface area contributed by atoms with E-state index in [1.807, 2.05) is 0 Å². The maximum absolute atomic E-state index is 11.7. The van der Waals surface area contributed by atoms with E-state index in [1.165, 1.54) is 12.1 Å². The molecule has 1 heterocycles. The number of benzene rings is 1. The lowest BCUT2D eigenvalue weighted by Gasteiger charge is -2.00. The summed E-state index contributed by atoms with van der Waals surface area (Å²) in [5.41, 5.74) is -0.437. The quantitative estimate of drug-likeness (QED) is 0.242. The summed E-state index contributed by atoms with van der Waals surface area (Å²) >= 11 is 0.837. The van der Waals surface area contributed by atoms with Gasteiger partial charge in [-0.15, -0.1) is 5.10 Å². The molecule has 13 heteroatoms. The third-order valence-electron chi connectivity index (χ3n) is 3.07. The van der Waals surface area contributed by atoms with Gasteiger partial charge in [0.1, 0.15) is 0 Å². The number of nitrogens with zero attached hydrogens (tertiary/aromatic N) is 3. The largest absolute Gasteiger partial charge is 0.466 e. The van der Waals surface area contributed by atoms with Crippen molar-refractivity contribution in [3.63, 3.8) is 0 Å². The van der Waals surface area contributed by atoms with E-state index in [9.17, 15) is 28.1 Å². The molecule has 11 nitrogen and oxygen atoms in total. The lowest BCUT2D eigenvalue weighted by atomic mass is 10.2. The van der Waals surface area contributed by atoms with Gasteiger partial charge < -0.3 is 4.74 Å². The van der Waals surface area contributed by atoms with Crippen molar-refractivity contribution in [1.82, 2.24) is 5.32 Å². The number of ether oxygens (including phenoxy) is 1. The molecule has 0 atom stereocenters. The first-order valence-electron chi connectivity index (χ1n) is 7.00. The van der Waals surface area contributed by atoms with Crippen LogP contribution in [0.1, 0.15) is 5.56 Å². The van der Waals surface area contributed by atoms with Gasteiger partial charge in [0, 0.05) is 18.4 Å². The molecule has 0 aliphatic carbocycles. The average Bonchev–Trinajstić information content (AvgIpc) is 2.93. The molecule has 0 bridgehead atoms. The molecule has 1 fully saturated rings. The Balaban J connectivity index is 2.25. The van der Waals surface area contributed by atoms with Gasteiger partial charge in [-0.3, -0.25) is 20.2 Å². The van der Waals surface area contributed by atoms with Gasteiger partial charge in [0.2, 0.25) is 0 Å². The first-order chi connectivity index (χ1) is 12.6. The molecule has 1 saturated heterocycles. The van der Waals surface area contributed by atoms with Crippen LogP contribution < -0.4 is 5.32 Å². The normalized spacial score (nSPS) is 17.5. The Morgan fingerprint density at radius 3 is 2.70 bits per heavy atom. The van der Waals surface area contributed by atoms with E-state index in [4.69, 9.17) is 0 Å². The molecule has 0 saturated carbocycles. The number of sulfone groups is 1. The number of nitrogens with one attached hydrogen (secondary N) is 1. The van der Waals surface area contributed by atoms with E-state index in [-0.39, 0.29) is 20.5 Å². The molecule has 2 rings (SSSR count). The van der Waals surface area contributed by atoms with Crippen LogP contribution in [0.5, 0.6) is 0 Å². The zero-order valence-electron chi connectivity index (χ0n) is 13.9. The molecule has 27 heavy (non-hydrogen) atoms. The monoisotopic (exact) mass is 412 g/mol. The van der Waals surface area contributed by atoms with Gasteiger partial charge in [0.05, 0.1) is 33.6 Å². The highest BCUT2D eigenvalue weighted by molar-refractivity contribution is 8.18. The van der Waals surface area contributed by atoms with Gasteiger partial charge in [0.15, 0.2) is 15.0 Å². The third-order valence-corrected chi connectivity index (χ3v) is 5.08. The van der Waals surface area contributed by atoms with E-state index >= 15 is 0 Å². The summed E-state index contributed by atoms with van der Waals surface area (Å²) in [5.74, 6) is -1.28. The Morgan fingerprint density at radius 2 is 2.11 bits per heavy atom. The molecule has 0 unspecified atom stereocenters.